The Labute approximate surface area is 133 Å². The first-order chi connectivity index (χ1) is 9.32. The van der Waals surface area contributed by atoms with Crippen molar-refractivity contribution in [2.24, 2.45) is 0 Å². The van der Waals surface area contributed by atoms with Crippen molar-refractivity contribution in [3.05, 3.63) is 33.2 Å². The van der Waals surface area contributed by atoms with Crippen LogP contribution in [0.3, 0.4) is 0 Å². The topological polar surface area (TPSA) is 50.7 Å². The van der Waals surface area contributed by atoms with Crippen LogP contribution < -0.4 is 5.32 Å². The van der Waals surface area contributed by atoms with Gasteiger partial charge in [0.2, 0.25) is 0 Å². The monoisotopic (exact) mass is 382 g/mol. The average molecular weight is 382 g/mol. The molecule has 2 aromatic heterocycles. The van der Waals surface area contributed by atoms with Crippen molar-refractivity contribution in [3.8, 4) is 11.5 Å². The van der Waals surface area contributed by atoms with Crippen molar-refractivity contribution in [2.75, 3.05) is 12.4 Å². The number of rotatable bonds is 2. The Morgan fingerprint density at radius 2 is 1.85 bits per heavy atom. The number of hydrogen-bond acceptors (Lipinski definition) is 4. The molecule has 0 saturated heterocycles. The third-order valence-corrected chi connectivity index (χ3v) is 3.96. The van der Waals surface area contributed by atoms with Gasteiger partial charge in [-0.25, -0.2) is 9.97 Å². The number of aromatic nitrogens is 3. The van der Waals surface area contributed by atoms with Gasteiger partial charge in [-0.15, -0.1) is 0 Å². The van der Waals surface area contributed by atoms with Crippen LogP contribution in [0.2, 0.25) is 0 Å². The molecule has 0 spiro atoms. The summed E-state index contributed by atoms with van der Waals surface area (Å²) < 4.78 is 1.06. The molecular formula is C15H19IN4. The highest BCUT2D eigenvalue weighted by Gasteiger charge is 2.23. The summed E-state index contributed by atoms with van der Waals surface area (Å²) in [5, 5.41) is 3.14. The van der Waals surface area contributed by atoms with Crippen molar-refractivity contribution in [2.45, 2.75) is 33.1 Å². The molecule has 4 nitrogen and oxygen atoms in total. The van der Waals surface area contributed by atoms with E-state index < -0.39 is 0 Å². The molecule has 5 heteroatoms. The summed E-state index contributed by atoms with van der Waals surface area (Å²) in [5.74, 6) is 1.52. The Hall–Kier alpha value is -1.24. The second kappa shape index (κ2) is 5.63. The number of pyridine rings is 1. The average Bonchev–Trinajstić information content (AvgIpc) is 2.38. The van der Waals surface area contributed by atoms with Crippen LogP contribution in [0.15, 0.2) is 18.3 Å². The van der Waals surface area contributed by atoms with Crippen LogP contribution in [-0.2, 0) is 5.41 Å². The summed E-state index contributed by atoms with van der Waals surface area (Å²) in [5.41, 5.74) is 2.93. The summed E-state index contributed by atoms with van der Waals surface area (Å²) in [6.45, 7) is 8.49. The molecule has 0 aliphatic carbocycles. The molecule has 0 fully saturated rings. The van der Waals surface area contributed by atoms with E-state index in [0.717, 1.165) is 26.3 Å². The van der Waals surface area contributed by atoms with Gasteiger partial charge < -0.3 is 5.32 Å². The fraction of sp³-hybridized carbons (Fsp3) is 0.400. The summed E-state index contributed by atoms with van der Waals surface area (Å²) in [6.07, 6.45) is 1.84. The number of nitrogens with zero attached hydrogens (tertiary/aromatic N) is 3. The van der Waals surface area contributed by atoms with Crippen LogP contribution in [0.4, 0.5) is 5.82 Å². The third kappa shape index (κ3) is 3.08. The fourth-order valence-corrected chi connectivity index (χ4v) is 3.14. The van der Waals surface area contributed by atoms with Crippen molar-refractivity contribution in [3.63, 3.8) is 0 Å². The molecule has 106 valence electrons. The number of anilines is 1. The normalized spacial score (nSPS) is 11.5. The molecular weight excluding hydrogens is 363 g/mol. The molecule has 2 heterocycles. The summed E-state index contributed by atoms with van der Waals surface area (Å²) in [7, 11) is 1.88. The zero-order valence-corrected chi connectivity index (χ0v) is 14.6. The molecule has 20 heavy (non-hydrogen) atoms. The molecule has 0 unspecified atom stereocenters. The smallest absolute Gasteiger partial charge is 0.180 e. The van der Waals surface area contributed by atoms with E-state index in [4.69, 9.17) is 4.98 Å². The maximum Gasteiger partial charge on any atom is 0.180 e. The predicted octanol–water partition coefficient (Wildman–Crippen LogP) is 3.79. The standard InChI is InChI=1S/C15H19IN4/c1-9-6-7-10(18-8-9)13-19-12(15(2,3)4)11(16)14(17-5)20-13/h6-8H,1-5H3,(H,17,19,20). The first-order valence-corrected chi connectivity index (χ1v) is 7.59. The third-order valence-electron chi connectivity index (χ3n) is 2.94. The molecule has 0 saturated carbocycles. The molecule has 2 aromatic rings. The maximum atomic E-state index is 4.73. The number of hydrogen-bond donors (Lipinski definition) is 1. The molecule has 0 bridgehead atoms. The highest BCUT2D eigenvalue weighted by molar-refractivity contribution is 14.1. The van der Waals surface area contributed by atoms with Crippen LogP contribution >= 0.6 is 22.6 Å². The molecule has 0 radical (unpaired) electrons. The zero-order chi connectivity index (χ0) is 14.9. The van der Waals surface area contributed by atoms with E-state index >= 15 is 0 Å². The van der Waals surface area contributed by atoms with Gasteiger partial charge >= 0.3 is 0 Å². The lowest BCUT2D eigenvalue weighted by Crippen LogP contribution is -2.18. The van der Waals surface area contributed by atoms with Crippen molar-refractivity contribution >= 4 is 28.4 Å². The summed E-state index contributed by atoms with van der Waals surface area (Å²) >= 11 is 2.30. The van der Waals surface area contributed by atoms with Crippen LogP contribution in [-0.4, -0.2) is 22.0 Å². The van der Waals surface area contributed by atoms with Crippen molar-refractivity contribution in [1.82, 2.24) is 15.0 Å². The second-order valence-corrected chi connectivity index (χ2v) is 6.86. The van der Waals surface area contributed by atoms with Crippen LogP contribution in [0.1, 0.15) is 32.0 Å². The predicted molar refractivity (Wildman–Crippen MR) is 91.0 cm³/mol. The molecule has 0 aliphatic rings. The second-order valence-electron chi connectivity index (χ2n) is 5.78. The molecule has 2 rings (SSSR count). The van der Waals surface area contributed by atoms with E-state index in [0.29, 0.717) is 5.82 Å². The Bertz CT molecular complexity index is 615. The van der Waals surface area contributed by atoms with Crippen molar-refractivity contribution in [1.29, 1.82) is 0 Å². The molecule has 0 amide bonds. The highest BCUT2D eigenvalue weighted by atomic mass is 127. The van der Waals surface area contributed by atoms with Crippen LogP contribution in [0.5, 0.6) is 0 Å². The molecule has 0 aromatic carbocycles. The minimum absolute atomic E-state index is 0.0372. The van der Waals surface area contributed by atoms with Gasteiger partial charge in [0.15, 0.2) is 5.82 Å². The molecule has 0 aliphatic heterocycles. The van der Waals surface area contributed by atoms with E-state index in [1.807, 2.05) is 32.3 Å². The van der Waals surface area contributed by atoms with Gasteiger partial charge in [0.05, 0.1) is 9.26 Å². The number of aryl methyl sites for hydroxylation is 1. The SMILES string of the molecule is CNc1nc(-c2ccc(C)cn2)nc(C(C)(C)C)c1I. The van der Waals surface area contributed by atoms with E-state index in [2.05, 4.69) is 58.6 Å². The Kier molecular flexibility index (Phi) is 4.27. The van der Waals surface area contributed by atoms with Gasteiger partial charge in [-0.3, -0.25) is 4.98 Å². The van der Waals surface area contributed by atoms with E-state index in [-0.39, 0.29) is 5.41 Å². The lowest BCUT2D eigenvalue weighted by Gasteiger charge is -2.21. The van der Waals surface area contributed by atoms with Gasteiger partial charge in [-0.05, 0) is 41.1 Å². The van der Waals surface area contributed by atoms with E-state index in [9.17, 15) is 0 Å². The first-order valence-electron chi connectivity index (χ1n) is 6.51. The van der Waals surface area contributed by atoms with Crippen LogP contribution in [0, 0.1) is 10.5 Å². The van der Waals surface area contributed by atoms with Crippen LogP contribution in [0.25, 0.3) is 11.5 Å². The minimum atomic E-state index is -0.0372. The Morgan fingerprint density at radius 3 is 2.35 bits per heavy atom. The van der Waals surface area contributed by atoms with E-state index in [1.165, 1.54) is 0 Å². The first kappa shape index (κ1) is 15.2. The zero-order valence-electron chi connectivity index (χ0n) is 12.5. The van der Waals surface area contributed by atoms with Crippen molar-refractivity contribution < 1.29 is 0 Å². The summed E-state index contributed by atoms with van der Waals surface area (Å²) in [6, 6.07) is 3.99. The minimum Gasteiger partial charge on any atom is -0.372 e. The quantitative estimate of drug-likeness (QED) is 0.803. The van der Waals surface area contributed by atoms with Gasteiger partial charge in [0.25, 0.3) is 0 Å². The largest absolute Gasteiger partial charge is 0.372 e. The van der Waals surface area contributed by atoms with Gasteiger partial charge in [0.1, 0.15) is 11.5 Å². The fourth-order valence-electron chi connectivity index (χ4n) is 1.82. The Morgan fingerprint density at radius 1 is 1.15 bits per heavy atom. The summed E-state index contributed by atoms with van der Waals surface area (Å²) in [4.78, 5) is 13.7. The van der Waals surface area contributed by atoms with Gasteiger partial charge in [-0.2, -0.15) is 0 Å². The Balaban J connectivity index is 2.63. The van der Waals surface area contributed by atoms with E-state index in [1.54, 1.807) is 0 Å². The lowest BCUT2D eigenvalue weighted by atomic mass is 9.92. The number of halogens is 1. The van der Waals surface area contributed by atoms with Gasteiger partial charge in [0, 0.05) is 18.7 Å². The molecule has 1 N–H and O–H groups in total. The number of nitrogens with one attached hydrogen (secondary N) is 1. The highest BCUT2D eigenvalue weighted by Crippen LogP contribution is 2.31. The maximum absolute atomic E-state index is 4.73. The lowest BCUT2D eigenvalue weighted by molar-refractivity contribution is 0.564. The van der Waals surface area contributed by atoms with Gasteiger partial charge in [-0.1, -0.05) is 26.8 Å². The molecule has 0 atom stereocenters.